The van der Waals surface area contributed by atoms with Gasteiger partial charge in [-0.1, -0.05) is 29.8 Å². The Hall–Kier alpha value is -1.31. The van der Waals surface area contributed by atoms with Crippen molar-refractivity contribution < 1.29 is 17.6 Å². The lowest BCUT2D eigenvalue weighted by Gasteiger charge is -2.18. The molecule has 0 bridgehead atoms. The summed E-state index contributed by atoms with van der Waals surface area (Å²) in [6.07, 6.45) is 0.305. The number of hydrogen-bond acceptors (Lipinski definition) is 4. The lowest BCUT2D eigenvalue weighted by molar-refractivity contribution is 0.0733. The Morgan fingerprint density at radius 1 is 1.21 bits per heavy atom. The van der Waals surface area contributed by atoms with Gasteiger partial charge >= 0.3 is 0 Å². The molecular weight excluding hydrogens is 418 g/mol. The number of hydrogen-bond donors (Lipinski definition) is 0. The molecule has 1 aliphatic rings. The summed E-state index contributed by atoms with van der Waals surface area (Å²) in [6.45, 7) is 0.465. The molecule has 5 nitrogen and oxygen atoms in total. The van der Waals surface area contributed by atoms with Crippen LogP contribution in [-0.2, 0) is 9.84 Å². The van der Waals surface area contributed by atoms with Gasteiger partial charge in [-0.05, 0) is 46.1 Å². The van der Waals surface area contributed by atoms with Crippen LogP contribution in [0.25, 0.3) is 0 Å². The number of benzene rings is 1. The van der Waals surface area contributed by atoms with Gasteiger partial charge in [-0.15, -0.1) is 0 Å². The molecule has 1 aliphatic heterocycles. The van der Waals surface area contributed by atoms with Crippen molar-refractivity contribution in [3.05, 3.63) is 57.4 Å². The summed E-state index contributed by atoms with van der Waals surface area (Å²) < 4.78 is 31.0. The van der Waals surface area contributed by atoms with Gasteiger partial charge in [0, 0.05) is 18.1 Å². The Balaban J connectivity index is 1.85. The van der Waals surface area contributed by atoms with Gasteiger partial charge in [-0.25, -0.2) is 8.42 Å². The second-order valence-corrected chi connectivity index (χ2v) is 9.05. The molecule has 2 heterocycles. The van der Waals surface area contributed by atoms with E-state index in [1.165, 1.54) is 4.90 Å². The van der Waals surface area contributed by atoms with Crippen molar-refractivity contribution in [1.29, 1.82) is 0 Å². The molecule has 3 rings (SSSR count). The van der Waals surface area contributed by atoms with Crippen LogP contribution in [0.4, 0.5) is 0 Å². The molecule has 1 fully saturated rings. The Kier molecular flexibility index (Phi) is 5.03. The van der Waals surface area contributed by atoms with Gasteiger partial charge in [0.2, 0.25) is 0 Å². The first-order valence-electron chi connectivity index (χ1n) is 7.39. The molecule has 8 heteroatoms. The maximum Gasteiger partial charge on any atom is 0.289 e. The van der Waals surface area contributed by atoms with Crippen LogP contribution in [0, 0.1) is 0 Å². The van der Waals surface area contributed by atoms with Crippen LogP contribution < -0.4 is 0 Å². The van der Waals surface area contributed by atoms with Crippen LogP contribution in [0.2, 0.25) is 5.02 Å². The fourth-order valence-corrected chi connectivity index (χ4v) is 5.27. The zero-order valence-corrected chi connectivity index (χ0v) is 15.8. The standard InChI is InChI=1S/C16H15BrClNO4S/c17-15-6-5-13(23-15)16(20)19-8-7-14(24(21,22)10-9-19)11-3-1-2-4-12(11)18/h1-6,14H,7-10H2. The van der Waals surface area contributed by atoms with Crippen molar-refractivity contribution in [2.45, 2.75) is 11.7 Å². The van der Waals surface area contributed by atoms with E-state index in [1.54, 1.807) is 36.4 Å². The summed E-state index contributed by atoms with van der Waals surface area (Å²) in [7, 11) is -3.40. The fourth-order valence-electron chi connectivity index (χ4n) is 2.82. The first-order valence-corrected chi connectivity index (χ1v) is 10.3. The highest BCUT2D eigenvalue weighted by Gasteiger charge is 2.34. The smallest absolute Gasteiger partial charge is 0.289 e. The zero-order chi connectivity index (χ0) is 17.3. The monoisotopic (exact) mass is 431 g/mol. The number of carbonyl (C=O) groups excluding carboxylic acids is 1. The van der Waals surface area contributed by atoms with E-state index in [9.17, 15) is 13.2 Å². The van der Waals surface area contributed by atoms with Crippen molar-refractivity contribution in [2.24, 2.45) is 0 Å². The quantitative estimate of drug-likeness (QED) is 0.726. The van der Waals surface area contributed by atoms with Crippen LogP contribution in [0.15, 0.2) is 45.5 Å². The van der Waals surface area contributed by atoms with Gasteiger partial charge < -0.3 is 9.32 Å². The second-order valence-electron chi connectivity index (χ2n) is 5.56. The Labute approximate surface area is 153 Å². The van der Waals surface area contributed by atoms with E-state index < -0.39 is 15.1 Å². The summed E-state index contributed by atoms with van der Waals surface area (Å²) >= 11 is 9.33. The highest BCUT2D eigenvalue weighted by Crippen LogP contribution is 2.34. The van der Waals surface area contributed by atoms with E-state index in [-0.39, 0.29) is 24.0 Å². The van der Waals surface area contributed by atoms with E-state index in [0.29, 0.717) is 28.2 Å². The van der Waals surface area contributed by atoms with Gasteiger partial charge in [-0.2, -0.15) is 0 Å². The maximum atomic E-state index is 12.6. The predicted molar refractivity (Wildman–Crippen MR) is 94.9 cm³/mol. The summed E-state index contributed by atoms with van der Waals surface area (Å²) in [5, 5.41) is -0.270. The molecule has 0 N–H and O–H groups in total. The number of nitrogens with zero attached hydrogens (tertiary/aromatic N) is 1. The number of sulfone groups is 1. The average Bonchev–Trinajstić information content (AvgIpc) is 2.90. The lowest BCUT2D eigenvalue weighted by atomic mass is 10.1. The van der Waals surface area contributed by atoms with Gasteiger partial charge in [0.05, 0.1) is 11.0 Å². The van der Waals surface area contributed by atoms with Gasteiger partial charge in [0.15, 0.2) is 20.3 Å². The SMILES string of the molecule is O=C(c1ccc(Br)o1)N1CCC(c2ccccc2Cl)S(=O)(=O)CC1. The molecule has 2 aromatic rings. The highest BCUT2D eigenvalue weighted by atomic mass is 79.9. The third-order valence-corrected chi connectivity index (χ3v) is 6.94. The van der Waals surface area contributed by atoms with Crippen LogP contribution in [-0.4, -0.2) is 38.1 Å². The predicted octanol–water partition coefficient (Wildman–Crippen LogP) is 3.70. The summed E-state index contributed by atoms with van der Waals surface area (Å²) in [6, 6.07) is 10.1. The van der Waals surface area contributed by atoms with Crippen molar-refractivity contribution >= 4 is 43.3 Å². The lowest BCUT2D eigenvalue weighted by Crippen LogP contribution is -2.33. The van der Waals surface area contributed by atoms with E-state index >= 15 is 0 Å². The van der Waals surface area contributed by atoms with E-state index in [1.807, 2.05) is 0 Å². The third kappa shape index (κ3) is 3.53. The Morgan fingerprint density at radius 2 is 1.96 bits per heavy atom. The van der Waals surface area contributed by atoms with Crippen LogP contribution in [0.5, 0.6) is 0 Å². The molecule has 24 heavy (non-hydrogen) atoms. The molecule has 0 radical (unpaired) electrons. The molecule has 1 amide bonds. The molecule has 0 aliphatic carbocycles. The van der Waals surface area contributed by atoms with Gasteiger partial charge in [0.1, 0.15) is 0 Å². The normalized spacial score (nSPS) is 20.6. The minimum Gasteiger partial charge on any atom is -0.444 e. The maximum absolute atomic E-state index is 12.6. The van der Waals surface area contributed by atoms with Gasteiger partial charge in [0.25, 0.3) is 5.91 Å². The summed E-state index contributed by atoms with van der Waals surface area (Å²) in [5.74, 6) is -0.220. The molecule has 1 aromatic heterocycles. The van der Waals surface area contributed by atoms with E-state index in [4.69, 9.17) is 16.0 Å². The molecule has 1 unspecified atom stereocenters. The Morgan fingerprint density at radius 3 is 2.62 bits per heavy atom. The molecule has 1 saturated heterocycles. The van der Waals surface area contributed by atoms with Crippen LogP contribution >= 0.6 is 27.5 Å². The molecule has 0 spiro atoms. The number of rotatable bonds is 2. The van der Waals surface area contributed by atoms with Crippen molar-refractivity contribution in [3.63, 3.8) is 0 Å². The number of halogens is 2. The molecule has 0 saturated carbocycles. The number of furan rings is 1. The van der Waals surface area contributed by atoms with E-state index in [2.05, 4.69) is 15.9 Å². The zero-order valence-electron chi connectivity index (χ0n) is 12.6. The average molecular weight is 433 g/mol. The van der Waals surface area contributed by atoms with Crippen molar-refractivity contribution in [2.75, 3.05) is 18.8 Å². The van der Waals surface area contributed by atoms with Crippen LogP contribution in [0.1, 0.15) is 27.8 Å². The molecule has 1 atom stereocenters. The minimum absolute atomic E-state index is 0.101. The minimum atomic E-state index is -3.40. The van der Waals surface area contributed by atoms with E-state index in [0.717, 1.165) is 0 Å². The molecule has 1 aromatic carbocycles. The number of carbonyl (C=O) groups is 1. The van der Waals surface area contributed by atoms with Crippen molar-refractivity contribution in [3.8, 4) is 0 Å². The van der Waals surface area contributed by atoms with Crippen LogP contribution in [0.3, 0.4) is 0 Å². The third-order valence-electron chi connectivity index (χ3n) is 4.06. The topological polar surface area (TPSA) is 67.6 Å². The fraction of sp³-hybridized carbons (Fsp3) is 0.312. The first-order chi connectivity index (χ1) is 11.4. The largest absolute Gasteiger partial charge is 0.444 e. The Bertz CT molecular complexity index is 864. The summed E-state index contributed by atoms with van der Waals surface area (Å²) in [4.78, 5) is 14.0. The molecular formula is C16H15BrClNO4S. The summed E-state index contributed by atoms with van der Waals surface area (Å²) in [5.41, 5.74) is 0.592. The van der Waals surface area contributed by atoms with Gasteiger partial charge in [-0.3, -0.25) is 4.79 Å². The van der Waals surface area contributed by atoms with Crippen molar-refractivity contribution in [1.82, 2.24) is 4.90 Å². The second kappa shape index (κ2) is 6.90. The number of amides is 1. The first kappa shape index (κ1) is 17.5. The molecule has 128 valence electrons. The highest BCUT2D eigenvalue weighted by molar-refractivity contribution is 9.10.